The van der Waals surface area contributed by atoms with Crippen molar-refractivity contribution in [3.8, 4) is 11.5 Å². The first-order valence-corrected chi connectivity index (χ1v) is 8.60. The molecule has 0 N–H and O–H groups in total. The van der Waals surface area contributed by atoms with Crippen molar-refractivity contribution in [1.29, 1.82) is 0 Å². The first kappa shape index (κ1) is 15.9. The lowest BCUT2D eigenvalue weighted by Gasteiger charge is -2.22. The zero-order valence-electron chi connectivity index (χ0n) is 14.1. The Kier molecular flexibility index (Phi) is 4.07. The maximum absolute atomic E-state index is 14.9. The topological polar surface area (TPSA) is 38.8 Å². The van der Waals surface area contributed by atoms with E-state index >= 15 is 0 Å². The fourth-order valence-corrected chi connectivity index (χ4v) is 3.61. The minimum absolute atomic E-state index is 0.150. The molecule has 0 spiro atoms. The molecular formula is C20H20FNO3. The predicted molar refractivity (Wildman–Crippen MR) is 93.0 cm³/mol. The molecule has 0 bridgehead atoms. The van der Waals surface area contributed by atoms with E-state index in [1.807, 2.05) is 0 Å². The van der Waals surface area contributed by atoms with Crippen LogP contribution >= 0.6 is 0 Å². The van der Waals surface area contributed by atoms with Crippen LogP contribution in [0, 0.1) is 0 Å². The van der Waals surface area contributed by atoms with Gasteiger partial charge in [-0.15, -0.1) is 0 Å². The lowest BCUT2D eigenvalue weighted by molar-refractivity contribution is 0.0975. The van der Waals surface area contributed by atoms with Crippen LogP contribution in [0.2, 0.25) is 0 Å². The molecule has 5 heteroatoms. The molecule has 2 aliphatic rings. The second-order valence-corrected chi connectivity index (χ2v) is 6.46. The van der Waals surface area contributed by atoms with Crippen molar-refractivity contribution >= 4 is 11.6 Å². The van der Waals surface area contributed by atoms with Gasteiger partial charge >= 0.3 is 0 Å². The first-order valence-electron chi connectivity index (χ1n) is 8.60. The molecular weight excluding hydrogens is 321 g/mol. The number of carbonyl (C=O) groups excluding carboxylic acids is 1. The molecule has 1 aliphatic carbocycles. The highest BCUT2D eigenvalue weighted by molar-refractivity contribution is 6.10. The van der Waals surface area contributed by atoms with Crippen molar-refractivity contribution < 1.29 is 18.7 Å². The molecule has 2 aromatic carbocycles. The number of halogens is 1. The molecule has 0 radical (unpaired) electrons. The number of anilines is 1. The molecule has 0 saturated heterocycles. The fourth-order valence-electron chi connectivity index (χ4n) is 3.61. The van der Waals surface area contributed by atoms with Crippen molar-refractivity contribution in [2.75, 3.05) is 12.0 Å². The van der Waals surface area contributed by atoms with E-state index in [9.17, 15) is 9.18 Å². The van der Waals surface area contributed by atoms with E-state index in [0.29, 0.717) is 28.3 Å². The molecule has 1 aliphatic heterocycles. The fraction of sp³-hybridized carbons (Fsp3) is 0.350. The molecule has 1 unspecified atom stereocenters. The van der Waals surface area contributed by atoms with Gasteiger partial charge in [0.25, 0.3) is 5.91 Å². The van der Waals surface area contributed by atoms with Crippen LogP contribution < -0.4 is 14.4 Å². The van der Waals surface area contributed by atoms with E-state index < -0.39 is 6.30 Å². The molecule has 1 saturated carbocycles. The molecule has 4 rings (SSSR count). The lowest BCUT2D eigenvalue weighted by Crippen LogP contribution is -2.25. The number of rotatable bonds is 4. The summed E-state index contributed by atoms with van der Waals surface area (Å²) in [5.41, 5.74) is 1.29. The highest BCUT2D eigenvalue weighted by Crippen LogP contribution is 2.42. The number of fused-ring (bicyclic) bond motifs is 1. The van der Waals surface area contributed by atoms with Crippen molar-refractivity contribution in [3.05, 3.63) is 53.6 Å². The van der Waals surface area contributed by atoms with Gasteiger partial charge in [-0.05, 0) is 43.9 Å². The van der Waals surface area contributed by atoms with Gasteiger partial charge < -0.3 is 9.47 Å². The Hall–Kier alpha value is -2.56. The second kappa shape index (κ2) is 6.39. The Labute approximate surface area is 146 Å². The Bertz CT molecular complexity index is 801. The lowest BCUT2D eigenvalue weighted by atomic mass is 10.1. The molecule has 1 atom stereocenters. The van der Waals surface area contributed by atoms with Gasteiger partial charge in [-0.3, -0.25) is 9.69 Å². The Balaban J connectivity index is 1.68. The monoisotopic (exact) mass is 341 g/mol. The number of amides is 1. The summed E-state index contributed by atoms with van der Waals surface area (Å²) in [6, 6.07) is 11.9. The quantitative estimate of drug-likeness (QED) is 0.760. The molecule has 25 heavy (non-hydrogen) atoms. The number of alkyl halides is 1. The van der Waals surface area contributed by atoms with Crippen LogP contribution in [0.4, 0.5) is 10.1 Å². The van der Waals surface area contributed by atoms with Gasteiger partial charge in [-0.1, -0.05) is 18.2 Å². The highest BCUT2D eigenvalue weighted by Gasteiger charge is 2.38. The maximum atomic E-state index is 14.9. The number of hydrogen-bond donors (Lipinski definition) is 0. The third-order valence-electron chi connectivity index (χ3n) is 4.91. The predicted octanol–water partition coefficient (Wildman–Crippen LogP) is 4.65. The summed E-state index contributed by atoms with van der Waals surface area (Å²) in [5.74, 6) is 0.818. The van der Waals surface area contributed by atoms with E-state index in [1.165, 1.54) is 4.90 Å². The third-order valence-corrected chi connectivity index (χ3v) is 4.91. The van der Waals surface area contributed by atoms with E-state index in [2.05, 4.69) is 0 Å². The summed E-state index contributed by atoms with van der Waals surface area (Å²) >= 11 is 0. The van der Waals surface area contributed by atoms with Crippen LogP contribution in [0.1, 0.15) is 47.9 Å². The van der Waals surface area contributed by atoms with Gasteiger partial charge in [0, 0.05) is 17.2 Å². The molecule has 1 fully saturated rings. The molecule has 1 heterocycles. The Morgan fingerprint density at radius 1 is 1.08 bits per heavy atom. The number of nitrogens with zero attached hydrogens (tertiary/aromatic N) is 1. The van der Waals surface area contributed by atoms with E-state index in [1.54, 1.807) is 49.6 Å². The van der Waals surface area contributed by atoms with Crippen LogP contribution in [0.3, 0.4) is 0 Å². The summed E-state index contributed by atoms with van der Waals surface area (Å²) in [7, 11) is 1.57. The zero-order valence-corrected chi connectivity index (χ0v) is 14.1. The smallest absolute Gasteiger partial charge is 0.261 e. The number of hydrogen-bond acceptors (Lipinski definition) is 3. The largest absolute Gasteiger partial charge is 0.493 e. The van der Waals surface area contributed by atoms with Crippen LogP contribution in [-0.2, 0) is 0 Å². The van der Waals surface area contributed by atoms with Crippen molar-refractivity contribution in [1.82, 2.24) is 0 Å². The molecule has 1 amide bonds. The van der Waals surface area contributed by atoms with Gasteiger partial charge in [-0.25, -0.2) is 4.39 Å². The van der Waals surface area contributed by atoms with Gasteiger partial charge in [0.05, 0.1) is 18.9 Å². The molecule has 4 nitrogen and oxygen atoms in total. The number of methoxy groups -OCH3 is 1. The summed E-state index contributed by atoms with van der Waals surface area (Å²) in [6.45, 7) is 0. The van der Waals surface area contributed by atoms with Crippen molar-refractivity contribution in [3.63, 3.8) is 0 Å². The Morgan fingerprint density at radius 3 is 2.56 bits per heavy atom. The van der Waals surface area contributed by atoms with Crippen LogP contribution in [0.15, 0.2) is 42.5 Å². The third kappa shape index (κ3) is 2.73. The number of benzene rings is 2. The highest BCUT2D eigenvalue weighted by atomic mass is 19.1. The average Bonchev–Trinajstić information content (AvgIpc) is 3.23. The van der Waals surface area contributed by atoms with Gasteiger partial charge in [0.1, 0.15) is 0 Å². The zero-order chi connectivity index (χ0) is 17.4. The van der Waals surface area contributed by atoms with Crippen molar-refractivity contribution in [2.45, 2.75) is 38.1 Å². The van der Waals surface area contributed by atoms with Gasteiger partial charge in [0.15, 0.2) is 11.5 Å². The first-order chi connectivity index (χ1) is 12.2. The standard InChI is InChI=1S/C20H20FNO3/c1-24-17-11-10-13(12-18(17)25-14-6-2-3-7-14)22-19(21)15-8-4-5-9-16(15)20(22)23/h4-5,8-12,14,19H,2-3,6-7H2,1H3. The molecule has 0 aromatic heterocycles. The van der Waals surface area contributed by atoms with Gasteiger partial charge in [-0.2, -0.15) is 0 Å². The maximum Gasteiger partial charge on any atom is 0.261 e. The minimum atomic E-state index is -1.49. The van der Waals surface area contributed by atoms with E-state index in [4.69, 9.17) is 9.47 Å². The number of carbonyl (C=O) groups is 1. The summed E-state index contributed by atoms with van der Waals surface area (Å²) in [5, 5.41) is 0. The van der Waals surface area contributed by atoms with Crippen LogP contribution in [0.25, 0.3) is 0 Å². The molecule has 130 valence electrons. The SMILES string of the molecule is COc1ccc(N2C(=O)c3ccccc3C2F)cc1OC1CCCC1. The summed E-state index contributed by atoms with van der Waals surface area (Å²) in [4.78, 5) is 13.8. The second-order valence-electron chi connectivity index (χ2n) is 6.46. The summed E-state index contributed by atoms with van der Waals surface area (Å²) in [6.07, 6.45) is 2.98. The Morgan fingerprint density at radius 2 is 1.84 bits per heavy atom. The molecule has 2 aromatic rings. The van der Waals surface area contributed by atoms with E-state index in [0.717, 1.165) is 25.7 Å². The minimum Gasteiger partial charge on any atom is -0.493 e. The van der Waals surface area contributed by atoms with Gasteiger partial charge in [0.2, 0.25) is 6.30 Å². The van der Waals surface area contributed by atoms with Crippen LogP contribution in [0.5, 0.6) is 11.5 Å². The van der Waals surface area contributed by atoms with E-state index in [-0.39, 0.29) is 12.0 Å². The van der Waals surface area contributed by atoms with Crippen LogP contribution in [-0.4, -0.2) is 19.1 Å². The normalized spacial score (nSPS) is 20.0. The average molecular weight is 341 g/mol. The number of ether oxygens (including phenoxy) is 2. The van der Waals surface area contributed by atoms with Crippen molar-refractivity contribution in [2.24, 2.45) is 0 Å². The summed E-state index contributed by atoms with van der Waals surface area (Å²) < 4.78 is 26.3.